The van der Waals surface area contributed by atoms with Gasteiger partial charge in [-0.15, -0.1) is 0 Å². The number of nitrogens with zero attached hydrogens (tertiary/aromatic N) is 1. The Labute approximate surface area is 187 Å². The molecule has 2 aromatic carbocycles. The third kappa shape index (κ3) is 3.70. The largest absolute Gasteiger partial charge is 0.493 e. The normalized spacial score (nSPS) is 13.5. The lowest BCUT2D eigenvalue weighted by Gasteiger charge is -2.24. The van der Waals surface area contributed by atoms with Gasteiger partial charge in [0.05, 0.1) is 19.9 Å². The quantitative estimate of drug-likeness (QED) is 0.525. The van der Waals surface area contributed by atoms with E-state index in [-0.39, 0.29) is 0 Å². The van der Waals surface area contributed by atoms with Crippen LogP contribution in [0.2, 0.25) is 5.02 Å². The van der Waals surface area contributed by atoms with Crippen LogP contribution in [0.15, 0.2) is 36.4 Å². The molecule has 0 radical (unpaired) electrons. The Balaban J connectivity index is 2.06. The average molecular weight is 443 g/mol. The lowest BCUT2D eigenvalue weighted by Crippen LogP contribution is -2.16. The zero-order valence-electron chi connectivity index (χ0n) is 17.9. The molecule has 31 heavy (non-hydrogen) atoms. The number of nitrogens with two attached hydrogens (primary N) is 1. The van der Waals surface area contributed by atoms with Crippen LogP contribution in [-0.2, 0) is 24.2 Å². The predicted octanol–water partition coefficient (Wildman–Crippen LogP) is 4.53. The van der Waals surface area contributed by atoms with Crippen LogP contribution in [0, 0.1) is 0 Å². The number of fused-ring (bicyclic) bond motifs is 3. The fourth-order valence-corrected chi connectivity index (χ4v) is 4.66. The highest BCUT2D eigenvalue weighted by atomic mass is 35.5. The number of aromatic nitrogens is 1. The highest BCUT2D eigenvalue weighted by Crippen LogP contribution is 2.47. The Morgan fingerprint density at radius 2 is 1.90 bits per heavy atom. The van der Waals surface area contributed by atoms with E-state index in [1.54, 1.807) is 14.2 Å². The van der Waals surface area contributed by atoms with Crippen LogP contribution in [-0.4, -0.2) is 30.5 Å². The molecule has 0 spiro atoms. The van der Waals surface area contributed by atoms with E-state index in [1.807, 2.05) is 43.3 Å². The van der Waals surface area contributed by atoms with Gasteiger partial charge in [-0.2, -0.15) is 0 Å². The summed E-state index contributed by atoms with van der Waals surface area (Å²) in [6, 6.07) is 11.6. The topological polar surface area (TPSA) is 78.9 Å². The molecule has 2 heterocycles. The molecule has 0 saturated heterocycles. The van der Waals surface area contributed by atoms with Crippen LogP contribution < -0.4 is 15.2 Å². The van der Waals surface area contributed by atoms with E-state index < -0.39 is 6.29 Å². The molecule has 1 atom stereocenters. The summed E-state index contributed by atoms with van der Waals surface area (Å²) in [5.41, 5.74) is 12.6. The first kappa shape index (κ1) is 21.7. The number of rotatable bonds is 7. The molecular weight excluding hydrogens is 416 g/mol. The number of aryl methyl sites for hydroxylation is 1. The molecule has 3 N–H and O–H groups in total. The Hall–Kier alpha value is -2.51. The molecule has 4 rings (SSSR count). The lowest BCUT2D eigenvalue weighted by atomic mass is 9.93. The molecule has 0 amide bonds. The van der Waals surface area contributed by atoms with E-state index in [0.29, 0.717) is 35.2 Å². The van der Waals surface area contributed by atoms with Crippen molar-refractivity contribution in [3.8, 4) is 33.9 Å². The van der Waals surface area contributed by atoms with Gasteiger partial charge in [0.1, 0.15) is 0 Å². The lowest BCUT2D eigenvalue weighted by molar-refractivity contribution is -0.0972. The zero-order chi connectivity index (χ0) is 22.1. The Bertz CT molecular complexity index is 1110. The monoisotopic (exact) mass is 442 g/mol. The van der Waals surface area contributed by atoms with Gasteiger partial charge in [0.25, 0.3) is 0 Å². The highest BCUT2D eigenvalue weighted by molar-refractivity contribution is 6.30. The minimum atomic E-state index is -1.11. The van der Waals surface area contributed by atoms with E-state index in [1.165, 1.54) is 0 Å². The van der Waals surface area contributed by atoms with Crippen LogP contribution in [0.1, 0.15) is 30.0 Å². The van der Waals surface area contributed by atoms with Crippen LogP contribution >= 0.6 is 11.6 Å². The van der Waals surface area contributed by atoms with Crippen molar-refractivity contribution in [1.82, 2.24) is 4.57 Å². The van der Waals surface area contributed by atoms with E-state index >= 15 is 0 Å². The first-order valence-electron chi connectivity index (χ1n) is 10.3. The summed E-state index contributed by atoms with van der Waals surface area (Å²) in [6.07, 6.45) is -0.302. The maximum Gasteiger partial charge on any atom is 0.183 e. The number of ether oxygens (including phenoxy) is 3. The van der Waals surface area contributed by atoms with Crippen LogP contribution in [0.25, 0.3) is 22.4 Å². The van der Waals surface area contributed by atoms with Gasteiger partial charge in [0.15, 0.2) is 17.8 Å². The van der Waals surface area contributed by atoms with E-state index in [0.717, 1.165) is 46.6 Å². The number of aliphatic hydroxyl groups excluding tert-OH is 1. The Morgan fingerprint density at radius 1 is 1.16 bits per heavy atom. The van der Waals surface area contributed by atoms with Gasteiger partial charge in [-0.3, -0.25) is 0 Å². The summed E-state index contributed by atoms with van der Waals surface area (Å²) in [5, 5.41) is 11.7. The molecule has 0 saturated carbocycles. The van der Waals surface area contributed by atoms with Crippen molar-refractivity contribution in [1.29, 1.82) is 0 Å². The molecule has 164 valence electrons. The van der Waals surface area contributed by atoms with Gasteiger partial charge in [-0.1, -0.05) is 23.7 Å². The fourth-order valence-electron chi connectivity index (χ4n) is 4.47. The van der Waals surface area contributed by atoms with Crippen molar-refractivity contribution >= 4 is 11.6 Å². The maximum atomic E-state index is 11.1. The summed E-state index contributed by atoms with van der Waals surface area (Å²) in [7, 11) is 3.24. The Kier molecular flexibility index (Phi) is 6.25. The third-order valence-electron chi connectivity index (χ3n) is 5.76. The average Bonchev–Trinajstić information content (AvgIpc) is 3.13. The SMILES string of the molecule is CCOC(O)c1c(-c2cccc(Cl)c2)c(CN)n2c1-c1cc(OC)c(OC)cc1CC2. The van der Waals surface area contributed by atoms with E-state index in [2.05, 4.69) is 4.57 Å². The van der Waals surface area contributed by atoms with Crippen molar-refractivity contribution in [3.05, 3.63) is 58.2 Å². The molecule has 1 aliphatic rings. The maximum absolute atomic E-state index is 11.1. The standard InChI is InChI=1S/C24H27ClN2O4/c1-4-31-24(28)22-21(15-6-5-7-16(25)10-15)18(13-26)27-9-8-14-11-19(29-2)20(30-3)12-17(14)23(22)27/h5-7,10-12,24,28H,4,8-9,13,26H2,1-3H3. The third-order valence-corrected chi connectivity index (χ3v) is 5.99. The number of hydrogen-bond acceptors (Lipinski definition) is 5. The summed E-state index contributed by atoms with van der Waals surface area (Å²) in [4.78, 5) is 0. The molecule has 0 bridgehead atoms. The summed E-state index contributed by atoms with van der Waals surface area (Å²) < 4.78 is 18.9. The van der Waals surface area contributed by atoms with Crippen molar-refractivity contribution in [3.63, 3.8) is 0 Å². The Morgan fingerprint density at radius 3 is 2.55 bits per heavy atom. The van der Waals surface area contributed by atoms with Crippen molar-refractivity contribution in [2.75, 3.05) is 20.8 Å². The van der Waals surface area contributed by atoms with Gasteiger partial charge < -0.3 is 29.6 Å². The van der Waals surface area contributed by atoms with Crippen LogP contribution in [0.4, 0.5) is 0 Å². The first-order chi connectivity index (χ1) is 15.0. The first-order valence-corrected chi connectivity index (χ1v) is 10.7. The second-order valence-electron chi connectivity index (χ2n) is 7.37. The summed E-state index contributed by atoms with van der Waals surface area (Å²) in [6.45, 7) is 3.28. The second kappa shape index (κ2) is 8.93. The number of benzene rings is 2. The molecular formula is C24H27ClN2O4. The summed E-state index contributed by atoms with van der Waals surface area (Å²) in [5.74, 6) is 1.31. The van der Waals surface area contributed by atoms with Gasteiger partial charge in [-0.25, -0.2) is 0 Å². The molecule has 1 aromatic heterocycles. The number of methoxy groups -OCH3 is 2. The molecule has 0 aliphatic carbocycles. The van der Waals surface area contributed by atoms with Gasteiger partial charge in [0, 0.05) is 47.1 Å². The van der Waals surface area contributed by atoms with Crippen molar-refractivity contribution < 1.29 is 19.3 Å². The van der Waals surface area contributed by atoms with Gasteiger partial charge in [0.2, 0.25) is 0 Å². The van der Waals surface area contributed by atoms with Crippen molar-refractivity contribution in [2.24, 2.45) is 5.73 Å². The number of aliphatic hydroxyl groups is 1. The summed E-state index contributed by atoms with van der Waals surface area (Å²) >= 11 is 6.30. The van der Waals surface area contributed by atoms with Crippen molar-refractivity contribution in [2.45, 2.75) is 32.7 Å². The number of hydrogen-bond donors (Lipinski definition) is 2. The minimum Gasteiger partial charge on any atom is -0.493 e. The van der Waals surface area contributed by atoms with Gasteiger partial charge >= 0.3 is 0 Å². The predicted molar refractivity (Wildman–Crippen MR) is 122 cm³/mol. The smallest absolute Gasteiger partial charge is 0.183 e. The van der Waals surface area contributed by atoms with E-state index in [9.17, 15) is 5.11 Å². The second-order valence-corrected chi connectivity index (χ2v) is 7.81. The molecule has 3 aromatic rings. The molecule has 1 aliphatic heterocycles. The fraction of sp³-hybridized carbons (Fsp3) is 0.333. The molecule has 6 nitrogen and oxygen atoms in total. The van der Waals surface area contributed by atoms with Crippen LogP contribution in [0.3, 0.4) is 0 Å². The highest BCUT2D eigenvalue weighted by Gasteiger charge is 2.32. The van der Waals surface area contributed by atoms with E-state index in [4.69, 9.17) is 31.5 Å². The molecule has 7 heteroatoms. The molecule has 0 fully saturated rings. The zero-order valence-corrected chi connectivity index (χ0v) is 18.7. The molecule has 1 unspecified atom stereocenters. The number of halogens is 1. The van der Waals surface area contributed by atoms with Crippen LogP contribution in [0.5, 0.6) is 11.5 Å². The minimum absolute atomic E-state index is 0.316. The van der Waals surface area contributed by atoms with Gasteiger partial charge in [-0.05, 0) is 48.7 Å².